The zero-order valence-corrected chi connectivity index (χ0v) is 25.5. The van der Waals surface area contributed by atoms with Crippen molar-refractivity contribution in [2.75, 3.05) is 4.90 Å². The Morgan fingerprint density at radius 2 is 1.27 bits per heavy atom. The van der Waals surface area contributed by atoms with Gasteiger partial charge in [0.25, 0.3) is 0 Å². The highest BCUT2D eigenvalue weighted by molar-refractivity contribution is 6.46. The second-order valence-corrected chi connectivity index (χ2v) is 12.8. The lowest BCUT2D eigenvalue weighted by molar-refractivity contribution is 0.0990. The molecule has 8 rings (SSSR count). The van der Waals surface area contributed by atoms with Gasteiger partial charge >= 0.3 is 0 Å². The van der Waals surface area contributed by atoms with Gasteiger partial charge in [-0.25, -0.2) is 0 Å². The van der Waals surface area contributed by atoms with Crippen LogP contribution in [0.3, 0.4) is 0 Å². The van der Waals surface area contributed by atoms with Crippen LogP contribution in [0.25, 0.3) is 27.6 Å². The molecule has 0 aromatic heterocycles. The maximum absolute atomic E-state index is 13.2. The van der Waals surface area contributed by atoms with Gasteiger partial charge < -0.3 is 4.90 Å². The van der Waals surface area contributed by atoms with Crippen LogP contribution in [0.1, 0.15) is 51.3 Å². The Morgan fingerprint density at radius 3 is 1.95 bits per heavy atom. The van der Waals surface area contributed by atoms with Crippen molar-refractivity contribution >= 4 is 79.5 Å². The standard InChI is InChI=1S/C39H25Cl2NO2/c1-39(2)31-18-23-8-6-7-9-24(23)19-35(31)42(26-10-4-3-5-11-26)34-15-13-25-16-22(12-14-27(25)36(34)39)17-30-37(43)28-20-32(40)33(41)21-29(28)38(30)44/h3-21H,1-2H3. The number of anilines is 3. The zero-order chi connectivity index (χ0) is 30.3. The highest BCUT2D eigenvalue weighted by atomic mass is 35.5. The molecule has 0 radical (unpaired) electrons. The molecule has 0 saturated carbocycles. The van der Waals surface area contributed by atoms with E-state index in [0.29, 0.717) is 11.1 Å². The van der Waals surface area contributed by atoms with Gasteiger partial charge in [0.2, 0.25) is 0 Å². The quantitative estimate of drug-likeness (QED) is 0.145. The molecular weight excluding hydrogens is 585 g/mol. The van der Waals surface area contributed by atoms with Crippen LogP contribution in [0, 0.1) is 0 Å². The molecule has 0 fully saturated rings. The molecule has 0 unspecified atom stereocenters. The summed E-state index contributed by atoms with van der Waals surface area (Å²) >= 11 is 12.3. The maximum Gasteiger partial charge on any atom is 0.197 e. The molecular formula is C39H25Cl2NO2. The summed E-state index contributed by atoms with van der Waals surface area (Å²) in [6.45, 7) is 4.58. The van der Waals surface area contributed by atoms with Crippen LogP contribution in [0.4, 0.5) is 17.1 Å². The number of hydrogen-bond donors (Lipinski definition) is 0. The molecule has 2 aliphatic rings. The predicted octanol–water partition coefficient (Wildman–Crippen LogP) is 10.9. The minimum atomic E-state index is -0.336. The number of fused-ring (bicyclic) bond motifs is 6. The van der Waals surface area contributed by atoms with Gasteiger partial charge in [0.15, 0.2) is 11.6 Å². The summed E-state index contributed by atoms with van der Waals surface area (Å²) < 4.78 is 0. The fraction of sp³-hybridized carbons (Fsp3) is 0.0769. The van der Waals surface area contributed by atoms with Crippen molar-refractivity contribution in [2.24, 2.45) is 0 Å². The third kappa shape index (κ3) is 3.90. The number of carbonyl (C=O) groups excluding carboxylic acids is 2. The van der Waals surface area contributed by atoms with E-state index in [4.69, 9.17) is 23.2 Å². The smallest absolute Gasteiger partial charge is 0.197 e. The Balaban J connectivity index is 1.31. The number of hydrogen-bond acceptors (Lipinski definition) is 3. The van der Waals surface area contributed by atoms with Crippen LogP contribution in [-0.2, 0) is 5.41 Å². The molecule has 0 spiro atoms. The van der Waals surface area contributed by atoms with Crippen LogP contribution in [-0.4, -0.2) is 11.6 Å². The molecule has 0 atom stereocenters. The van der Waals surface area contributed by atoms with Crippen LogP contribution in [0.15, 0.2) is 115 Å². The number of rotatable bonds is 2. The first kappa shape index (κ1) is 26.9. The molecule has 0 amide bonds. The lowest BCUT2D eigenvalue weighted by Gasteiger charge is -2.43. The minimum Gasteiger partial charge on any atom is -0.310 e. The molecule has 3 nitrogen and oxygen atoms in total. The van der Waals surface area contributed by atoms with Crippen molar-refractivity contribution in [3.05, 3.63) is 153 Å². The summed E-state index contributed by atoms with van der Waals surface area (Å²) in [5.41, 5.74) is 7.05. The molecule has 0 bridgehead atoms. The minimum absolute atomic E-state index is 0.118. The van der Waals surface area contributed by atoms with E-state index in [1.54, 1.807) is 6.08 Å². The molecule has 1 heterocycles. The summed E-state index contributed by atoms with van der Waals surface area (Å²) in [5.74, 6) is -0.671. The van der Waals surface area contributed by atoms with Crippen molar-refractivity contribution in [2.45, 2.75) is 19.3 Å². The van der Waals surface area contributed by atoms with E-state index in [2.05, 4.69) is 97.6 Å². The van der Waals surface area contributed by atoms with Gasteiger partial charge in [-0.2, -0.15) is 0 Å². The summed E-state index contributed by atoms with van der Waals surface area (Å²) in [5, 5.41) is 5.08. The number of Topliss-reactive ketones (excluding diaryl/α,β-unsaturated/α-hetero) is 2. The second-order valence-electron chi connectivity index (χ2n) is 12.0. The topological polar surface area (TPSA) is 37.4 Å². The van der Waals surface area contributed by atoms with E-state index in [1.807, 2.05) is 18.2 Å². The first-order valence-electron chi connectivity index (χ1n) is 14.5. The number of allylic oxidation sites excluding steroid dienone is 1. The van der Waals surface area contributed by atoms with Crippen molar-refractivity contribution in [1.82, 2.24) is 0 Å². The van der Waals surface area contributed by atoms with Crippen molar-refractivity contribution < 1.29 is 9.59 Å². The Kier molecular flexibility index (Phi) is 5.90. The molecule has 0 N–H and O–H groups in total. The van der Waals surface area contributed by atoms with E-state index in [1.165, 1.54) is 39.7 Å². The molecule has 5 heteroatoms. The number of halogens is 2. The summed E-state index contributed by atoms with van der Waals surface area (Å²) in [7, 11) is 0. The Morgan fingerprint density at radius 1 is 0.636 bits per heavy atom. The Hall–Kier alpha value is -4.70. The van der Waals surface area contributed by atoms with Crippen LogP contribution < -0.4 is 4.90 Å². The predicted molar refractivity (Wildman–Crippen MR) is 181 cm³/mol. The summed E-state index contributed by atoms with van der Waals surface area (Å²) in [6.07, 6.45) is 1.67. The van der Waals surface area contributed by atoms with Gasteiger partial charge in [-0.3, -0.25) is 9.59 Å². The van der Waals surface area contributed by atoms with Crippen molar-refractivity contribution in [3.63, 3.8) is 0 Å². The van der Waals surface area contributed by atoms with E-state index >= 15 is 0 Å². The normalized spacial score (nSPS) is 15.0. The highest BCUT2D eigenvalue weighted by Gasteiger charge is 2.39. The monoisotopic (exact) mass is 609 g/mol. The summed E-state index contributed by atoms with van der Waals surface area (Å²) in [4.78, 5) is 28.8. The number of carbonyl (C=O) groups is 2. The highest BCUT2D eigenvalue weighted by Crippen LogP contribution is 2.54. The average molecular weight is 611 g/mol. The molecule has 6 aromatic carbocycles. The third-order valence-electron chi connectivity index (χ3n) is 9.03. The van der Waals surface area contributed by atoms with Crippen molar-refractivity contribution in [1.29, 1.82) is 0 Å². The van der Waals surface area contributed by atoms with E-state index in [0.717, 1.165) is 27.7 Å². The lowest BCUT2D eigenvalue weighted by Crippen LogP contribution is -2.31. The molecule has 0 saturated heterocycles. The van der Waals surface area contributed by atoms with Gasteiger partial charge in [-0.1, -0.05) is 97.7 Å². The first-order chi connectivity index (χ1) is 21.2. The van der Waals surface area contributed by atoms with Crippen LogP contribution in [0.5, 0.6) is 0 Å². The SMILES string of the molecule is CC1(C)c2cc3ccccc3cc2N(c2ccccc2)c2ccc3cc(C=C4C(=O)c5cc(Cl)c(Cl)cc5C4=O)ccc3c21. The van der Waals surface area contributed by atoms with E-state index < -0.39 is 0 Å². The van der Waals surface area contributed by atoms with Gasteiger partial charge in [-0.05, 0) is 92.8 Å². The van der Waals surface area contributed by atoms with Crippen LogP contribution in [0.2, 0.25) is 10.0 Å². The first-order valence-corrected chi connectivity index (χ1v) is 15.2. The van der Waals surface area contributed by atoms with E-state index in [-0.39, 0.29) is 32.6 Å². The average Bonchev–Trinajstić information content (AvgIpc) is 3.24. The Labute approximate surface area is 265 Å². The fourth-order valence-electron chi connectivity index (χ4n) is 6.92. The maximum atomic E-state index is 13.2. The number of nitrogens with zero attached hydrogens (tertiary/aromatic N) is 1. The number of ketones is 2. The second kappa shape index (κ2) is 9.65. The van der Waals surface area contributed by atoms with Gasteiger partial charge in [0.1, 0.15) is 0 Å². The largest absolute Gasteiger partial charge is 0.310 e. The third-order valence-corrected chi connectivity index (χ3v) is 9.75. The Bertz CT molecular complexity index is 2220. The van der Waals surface area contributed by atoms with Gasteiger partial charge in [-0.15, -0.1) is 0 Å². The summed E-state index contributed by atoms with van der Waals surface area (Å²) in [6, 6.07) is 37.0. The van der Waals surface area contributed by atoms with Gasteiger partial charge in [0, 0.05) is 22.2 Å². The molecule has 1 aliphatic carbocycles. The fourth-order valence-corrected chi connectivity index (χ4v) is 7.24. The van der Waals surface area contributed by atoms with E-state index in [9.17, 15) is 9.59 Å². The molecule has 1 aliphatic heterocycles. The van der Waals surface area contributed by atoms with Gasteiger partial charge in [0.05, 0.1) is 27.0 Å². The van der Waals surface area contributed by atoms with Crippen LogP contribution >= 0.6 is 23.2 Å². The van der Waals surface area contributed by atoms with Crippen molar-refractivity contribution in [3.8, 4) is 0 Å². The number of para-hydroxylation sites is 1. The molecule has 212 valence electrons. The molecule has 44 heavy (non-hydrogen) atoms. The lowest BCUT2D eigenvalue weighted by atomic mass is 9.71. The number of benzene rings is 6. The molecule has 6 aromatic rings. The zero-order valence-electron chi connectivity index (χ0n) is 24.0.